The van der Waals surface area contributed by atoms with Gasteiger partial charge in [-0.2, -0.15) is 5.10 Å². The molecule has 1 saturated heterocycles. The van der Waals surface area contributed by atoms with Crippen LogP contribution in [0.5, 0.6) is 11.5 Å². The van der Waals surface area contributed by atoms with E-state index in [4.69, 9.17) is 14.2 Å². The summed E-state index contributed by atoms with van der Waals surface area (Å²) < 4.78 is 16.4. The van der Waals surface area contributed by atoms with Crippen molar-refractivity contribution in [3.05, 3.63) is 30.0 Å². The lowest BCUT2D eigenvalue weighted by Gasteiger charge is -2.25. The van der Waals surface area contributed by atoms with Crippen LogP contribution in [0.25, 0.3) is 11.3 Å². The Morgan fingerprint density at radius 2 is 2.08 bits per heavy atom. The quantitative estimate of drug-likeness (QED) is 0.849. The van der Waals surface area contributed by atoms with Crippen LogP contribution < -0.4 is 9.47 Å². The first-order chi connectivity index (χ1) is 12.1. The highest BCUT2D eigenvalue weighted by molar-refractivity contribution is 6.00. The van der Waals surface area contributed by atoms with Gasteiger partial charge in [-0.05, 0) is 18.2 Å². The molecule has 0 radical (unpaired) electrons. The number of nitrogens with zero attached hydrogens (tertiary/aromatic N) is 2. The van der Waals surface area contributed by atoms with Crippen LogP contribution in [-0.2, 0) is 4.74 Å². The molecule has 0 saturated carbocycles. The average Bonchev–Trinajstić information content (AvgIpc) is 3.29. The van der Waals surface area contributed by atoms with E-state index in [0.717, 1.165) is 5.56 Å². The summed E-state index contributed by atoms with van der Waals surface area (Å²) in [6.45, 7) is 1.58. The van der Waals surface area contributed by atoms with Crippen LogP contribution in [0.3, 0.4) is 0 Å². The maximum atomic E-state index is 12.9. The number of hydrogen-bond acceptors (Lipinski definition) is 6. The zero-order valence-corrected chi connectivity index (χ0v) is 13.8. The van der Waals surface area contributed by atoms with Crippen molar-refractivity contribution in [2.75, 3.05) is 33.5 Å². The monoisotopic (exact) mass is 345 g/mol. The first-order valence-electron chi connectivity index (χ1n) is 8.11. The van der Waals surface area contributed by atoms with Gasteiger partial charge in [-0.15, -0.1) is 0 Å². The predicted octanol–water partition coefficient (Wildman–Crippen LogP) is 0.680. The number of carbonyl (C=O) groups is 1. The number of likely N-dealkylation sites (N-methyl/N-ethyl adjacent to an activating group) is 1. The highest BCUT2D eigenvalue weighted by Gasteiger charge is 2.34. The number of carbonyl (C=O) groups excluding carboxylic acids is 1. The number of aliphatic hydroxyl groups is 1. The third-order valence-electron chi connectivity index (χ3n) is 4.54. The minimum atomic E-state index is -0.682. The van der Waals surface area contributed by atoms with Gasteiger partial charge in [-0.1, -0.05) is 0 Å². The number of benzene rings is 1. The van der Waals surface area contributed by atoms with Gasteiger partial charge >= 0.3 is 0 Å². The zero-order valence-electron chi connectivity index (χ0n) is 13.8. The summed E-state index contributed by atoms with van der Waals surface area (Å²) in [4.78, 5) is 14.4. The molecule has 25 heavy (non-hydrogen) atoms. The average molecular weight is 345 g/mol. The summed E-state index contributed by atoms with van der Waals surface area (Å²) in [6, 6.07) is 5.13. The van der Waals surface area contributed by atoms with Crippen LogP contribution in [-0.4, -0.2) is 71.7 Å². The van der Waals surface area contributed by atoms with E-state index in [1.165, 1.54) is 11.1 Å². The van der Waals surface area contributed by atoms with Crippen LogP contribution >= 0.6 is 0 Å². The minimum absolute atomic E-state index is 0.229. The van der Waals surface area contributed by atoms with Gasteiger partial charge in [0.25, 0.3) is 5.91 Å². The fourth-order valence-corrected chi connectivity index (χ4v) is 3.11. The number of aromatic amines is 1. The Bertz CT molecular complexity index is 790. The summed E-state index contributed by atoms with van der Waals surface area (Å²) in [5.41, 5.74) is 1.81. The second-order valence-electron chi connectivity index (χ2n) is 6.11. The Kier molecular flexibility index (Phi) is 4.06. The van der Waals surface area contributed by atoms with E-state index in [1.54, 1.807) is 7.05 Å². The summed E-state index contributed by atoms with van der Waals surface area (Å²) >= 11 is 0. The molecule has 1 aromatic heterocycles. The van der Waals surface area contributed by atoms with Crippen LogP contribution in [0, 0.1) is 0 Å². The van der Waals surface area contributed by atoms with Crippen LogP contribution in [0.4, 0.5) is 0 Å². The number of rotatable bonds is 3. The third kappa shape index (κ3) is 2.83. The van der Waals surface area contributed by atoms with E-state index in [1.807, 2.05) is 18.2 Å². The molecule has 132 valence electrons. The smallest absolute Gasteiger partial charge is 0.257 e. The molecule has 8 heteroatoms. The molecule has 2 aromatic rings. The number of ether oxygens (including phenoxy) is 3. The predicted molar refractivity (Wildman–Crippen MR) is 87.7 cm³/mol. The number of aromatic nitrogens is 2. The van der Waals surface area contributed by atoms with E-state index in [-0.39, 0.29) is 18.6 Å². The molecule has 0 spiro atoms. The molecular formula is C17H19N3O5. The maximum absolute atomic E-state index is 12.9. The van der Waals surface area contributed by atoms with Crippen molar-refractivity contribution in [3.63, 3.8) is 0 Å². The summed E-state index contributed by atoms with van der Waals surface area (Å²) in [5, 5.41) is 16.9. The number of fused-ring (bicyclic) bond motifs is 1. The second kappa shape index (κ2) is 6.38. The molecule has 2 atom stereocenters. The molecule has 4 rings (SSSR count). The van der Waals surface area contributed by atoms with Crippen molar-refractivity contribution in [1.82, 2.24) is 15.1 Å². The number of amides is 1. The van der Waals surface area contributed by atoms with Crippen molar-refractivity contribution >= 4 is 5.91 Å². The Hall–Kier alpha value is -2.58. The third-order valence-corrected chi connectivity index (χ3v) is 4.54. The molecule has 3 heterocycles. The fraction of sp³-hybridized carbons (Fsp3) is 0.412. The van der Waals surface area contributed by atoms with Gasteiger partial charge in [-0.3, -0.25) is 9.89 Å². The second-order valence-corrected chi connectivity index (χ2v) is 6.11. The highest BCUT2D eigenvalue weighted by atomic mass is 16.6. The highest BCUT2D eigenvalue weighted by Crippen LogP contribution is 2.35. The molecule has 1 aromatic carbocycles. The molecule has 2 aliphatic heterocycles. The van der Waals surface area contributed by atoms with E-state index in [0.29, 0.717) is 42.6 Å². The lowest BCUT2D eigenvalue weighted by Crippen LogP contribution is -2.44. The Labute approximate surface area is 144 Å². The van der Waals surface area contributed by atoms with Crippen molar-refractivity contribution in [2.45, 2.75) is 12.1 Å². The lowest BCUT2D eigenvalue weighted by molar-refractivity contribution is 0.0582. The summed E-state index contributed by atoms with van der Waals surface area (Å²) in [5.74, 6) is 1.10. The van der Waals surface area contributed by atoms with Gasteiger partial charge in [-0.25, -0.2) is 0 Å². The molecular weight excluding hydrogens is 326 g/mol. The Balaban J connectivity index is 1.63. The first kappa shape index (κ1) is 15.9. The van der Waals surface area contributed by atoms with Gasteiger partial charge in [0.2, 0.25) is 0 Å². The van der Waals surface area contributed by atoms with Crippen molar-refractivity contribution in [1.29, 1.82) is 0 Å². The fourth-order valence-electron chi connectivity index (χ4n) is 3.11. The summed E-state index contributed by atoms with van der Waals surface area (Å²) in [6.07, 6.45) is 0.811. The first-order valence-corrected chi connectivity index (χ1v) is 8.11. The van der Waals surface area contributed by atoms with E-state index in [9.17, 15) is 9.90 Å². The number of hydrogen-bond donors (Lipinski definition) is 2. The zero-order chi connectivity index (χ0) is 17.4. The number of H-pyrrole nitrogens is 1. The molecule has 0 aliphatic carbocycles. The number of nitrogens with one attached hydrogen (secondary N) is 1. The molecule has 0 bridgehead atoms. The molecule has 1 amide bonds. The molecule has 1 fully saturated rings. The lowest BCUT2D eigenvalue weighted by atomic mass is 10.1. The summed E-state index contributed by atoms with van der Waals surface area (Å²) in [7, 11) is 1.66. The normalized spacial score (nSPS) is 22.0. The van der Waals surface area contributed by atoms with E-state index in [2.05, 4.69) is 10.2 Å². The van der Waals surface area contributed by atoms with Crippen molar-refractivity contribution in [2.24, 2.45) is 0 Å². The molecule has 2 aliphatic rings. The SMILES string of the molecule is CN(C(=O)c1cn[nH]c1-c1ccc2c(c1)OCCO2)[C@@H]1COC[C@H]1O. The number of aliphatic hydroxyl groups excluding tert-OH is 1. The van der Waals surface area contributed by atoms with Gasteiger partial charge in [0, 0.05) is 12.6 Å². The topological polar surface area (TPSA) is 96.9 Å². The molecule has 2 N–H and O–H groups in total. The van der Waals surface area contributed by atoms with Crippen molar-refractivity contribution < 1.29 is 24.1 Å². The van der Waals surface area contributed by atoms with Gasteiger partial charge in [0.05, 0.1) is 42.8 Å². The van der Waals surface area contributed by atoms with Gasteiger partial charge in [0.15, 0.2) is 11.5 Å². The van der Waals surface area contributed by atoms with Gasteiger partial charge < -0.3 is 24.2 Å². The standard InChI is InChI=1S/C17H19N3O5/c1-20(12-8-23-9-13(12)21)17(22)11-7-18-19-16(11)10-2-3-14-15(6-10)25-5-4-24-14/h2-3,6-7,12-13,21H,4-5,8-9H2,1H3,(H,18,19)/t12-,13-/m1/s1. The Morgan fingerprint density at radius 1 is 1.28 bits per heavy atom. The van der Waals surface area contributed by atoms with E-state index >= 15 is 0 Å². The van der Waals surface area contributed by atoms with Crippen LogP contribution in [0.1, 0.15) is 10.4 Å². The van der Waals surface area contributed by atoms with Crippen LogP contribution in [0.15, 0.2) is 24.4 Å². The minimum Gasteiger partial charge on any atom is -0.486 e. The van der Waals surface area contributed by atoms with E-state index < -0.39 is 6.10 Å². The van der Waals surface area contributed by atoms with Crippen LogP contribution in [0.2, 0.25) is 0 Å². The Morgan fingerprint density at radius 3 is 2.84 bits per heavy atom. The largest absolute Gasteiger partial charge is 0.486 e. The van der Waals surface area contributed by atoms with Gasteiger partial charge in [0.1, 0.15) is 13.2 Å². The molecule has 8 nitrogen and oxygen atoms in total. The molecule has 0 unspecified atom stereocenters. The maximum Gasteiger partial charge on any atom is 0.257 e. The van der Waals surface area contributed by atoms with Crippen molar-refractivity contribution in [3.8, 4) is 22.8 Å².